The van der Waals surface area contributed by atoms with E-state index in [0.717, 1.165) is 25.7 Å². The van der Waals surface area contributed by atoms with E-state index in [1.54, 1.807) is 6.92 Å². The maximum Gasteiger partial charge on any atom is 0.330 e. The summed E-state index contributed by atoms with van der Waals surface area (Å²) >= 11 is 0. The van der Waals surface area contributed by atoms with Gasteiger partial charge in [-0.05, 0) is 31.6 Å². The van der Waals surface area contributed by atoms with Crippen molar-refractivity contribution in [3.63, 3.8) is 0 Å². The van der Waals surface area contributed by atoms with Crippen LogP contribution in [0.4, 0.5) is 11.5 Å². The Morgan fingerprint density at radius 3 is 2.62 bits per heavy atom. The summed E-state index contributed by atoms with van der Waals surface area (Å²) in [5, 5.41) is 12.5. The molecule has 0 aliphatic heterocycles. The summed E-state index contributed by atoms with van der Waals surface area (Å²) in [5.41, 5.74) is 5.18. The van der Waals surface area contributed by atoms with Crippen molar-refractivity contribution < 1.29 is 5.11 Å². The molecule has 0 saturated heterocycles. The summed E-state index contributed by atoms with van der Waals surface area (Å²) in [6, 6.07) is 0. The van der Waals surface area contributed by atoms with E-state index in [4.69, 9.17) is 5.73 Å². The summed E-state index contributed by atoms with van der Waals surface area (Å²) in [6.45, 7) is 2.95. The van der Waals surface area contributed by atoms with Crippen molar-refractivity contribution in [1.29, 1.82) is 0 Å². The topological polar surface area (TPSA) is 113 Å². The Morgan fingerprint density at radius 1 is 1.33 bits per heavy atom. The minimum Gasteiger partial charge on any atom is -0.396 e. The van der Waals surface area contributed by atoms with Crippen LogP contribution < -0.4 is 22.3 Å². The predicted octanol–water partition coefficient (Wildman–Crippen LogP) is 0.349. The van der Waals surface area contributed by atoms with Crippen molar-refractivity contribution in [2.24, 2.45) is 11.8 Å². The molecular weight excluding hydrogens is 272 g/mol. The largest absolute Gasteiger partial charge is 0.396 e. The number of hydrogen-bond acceptors (Lipinski definition) is 5. The second-order valence-electron chi connectivity index (χ2n) is 5.63. The number of rotatable bonds is 5. The van der Waals surface area contributed by atoms with E-state index in [9.17, 15) is 14.7 Å². The third-order valence-electron chi connectivity index (χ3n) is 4.40. The first kappa shape index (κ1) is 15.6. The molecule has 1 heterocycles. The van der Waals surface area contributed by atoms with Crippen molar-refractivity contribution in [1.82, 2.24) is 9.55 Å². The highest BCUT2D eigenvalue weighted by atomic mass is 16.3. The van der Waals surface area contributed by atoms with Crippen LogP contribution in [0.2, 0.25) is 0 Å². The van der Waals surface area contributed by atoms with Crippen molar-refractivity contribution in [2.75, 3.05) is 24.2 Å². The van der Waals surface area contributed by atoms with Gasteiger partial charge in [-0.15, -0.1) is 0 Å². The summed E-state index contributed by atoms with van der Waals surface area (Å²) in [7, 11) is 0. The van der Waals surface area contributed by atoms with Crippen LogP contribution in [-0.4, -0.2) is 27.8 Å². The van der Waals surface area contributed by atoms with Gasteiger partial charge in [0.25, 0.3) is 5.56 Å². The Hall–Kier alpha value is -1.76. The molecule has 118 valence electrons. The summed E-state index contributed by atoms with van der Waals surface area (Å²) in [4.78, 5) is 25.8. The number of H-pyrrole nitrogens is 1. The second kappa shape index (κ2) is 6.80. The molecule has 7 nitrogen and oxygen atoms in total. The van der Waals surface area contributed by atoms with Gasteiger partial charge in [-0.2, -0.15) is 0 Å². The number of nitrogen functional groups attached to an aromatic ring is 1. The monoisotopic (exact) mass is 296 g/mol. The smallest absolute Gasteiger partial charge is 0.330 e. The maximum atomic E-state index is 11.9. The molecule has 2 unspecified atom stereocenters. The summed E-state index contributed by atoms with van der Waals surface area (Å²) in [6.07, 6.45) is 4.33. The average Bonchev–Trinajstić information content (AvgIpc) is 2.47. The Balaban J connectivity index is 2.16. The molecule has 1 aliphatic carbocycles. The maximum absolute atomic E-state index is 11.9. The number of nitrogens with two attached hydrogens (primary N) is 1. The van der Waals surface area contributed by atoms with Crippen LogP contribution in [0.1, 0.15) is 32.6 Å². The minimum atomic E-state index is -0.489. The summed E-state index contributed by atoms with van der Waals surface area (Å²) < 4.78 is 1.33. The molecule has 0 bridgehead atoms. The fourth-order valence-electron chi connectivity index (χ4n) is 3.10. The van der Waals surface area contributed by atoms with E-state index >= 15 is 0 Å². The first-order chi connectivity index (χ1) is 10.1. The van der Waals surface area contributed by atoms with E-state index in [1.807, 2.05) is 0 Å². The quantitative estimate of drug-likeness (QED) is 0.626. The first-order valence-electron chi connectivity index (χ1n) is 7.55. The number of nitrogens with zero attached hydrogens (tertiary/aromatic N) is 1. The number of aliphatic hydroxyl groups is 1. The number of aromatic amines is 1. The molecule has 1 aromatic heterocycles. The lowest BCUT2D eigenvalue weighted by Crippen LogP contribution is -2.35. The van der Waals surface area contributed by atoms with Crippen molar-refractivity contribution in [3.8, 4) is 0 Å². The number of aromatic nitrogens is 2. The third kappa shape index (κ3) is 3.29. The zero-order valence-corrected chi connectivity index (χ0v) is 12.4. The highest BCUT2D eigenvalue weighted by molar-refractivity contribution is 5.60. The fraction of sp³-hybridized carbons (Fsp3) is 0.714. The lowest BCUT2D eigenvalue weighted by atomic mass is 9.79. The molecule has 21 heavy (non-hydrogen) atoms. The van der Waals surface area contributed by atoms with Gasteiger partial charge in [0, 0.05) is 19.7 Å². The first-order valence-corrected chi connectivity index (χ1v) is 7.55. The van der Waals surface area contributed by atoms with Crippen LogP contribution in [0.5, 0.6) is 0 Å². The normalized spacial score (nSPS) is 22.2. The van der Waals surface area contributed by atoms with Gasteiger partial charge >= 0.3 is 5.69 Å². The van der Waals surface area contributed by atoms with E-state index in [1.165, 1.54) is 4.57 Å². The van der Waals surface area contributed by atoms with Gasteiger partial charge < -0.3 is 16.2 Å². The van der Waals surface area contributed by atoms with E-state index < -0.39 is 11.2 Å². The summed E-state index contributed by atoms with van der Waals surface area (Å²) in [5.74, 6) is 0.760. The van der Waals surface area contributed by atoms with Crippen molar-refractivity contribution in [2.45, 2.75) is 39.2 Å². The van der Waals surface area contributed by atoms with E-state index in [0.29, 0.717) is 19.0 Å². The standard InChI is InChI=1S/C14H24N4O3/c1-2-18-12(15)11(13(20)17-14(18)21)16-7-9-5-3-4-6-10(9)8-19/h9-10,16,19H,2-8,15H2,1H3,(H,17,20,21). The van der Waals surface area contributed by atoms with Crippen LogP contribution in [0, 0.1) is 11.8 Å². The molecule has 0 amide bonds. The lowest BCUT2D eigenvalue weighted by molar-refractivity contribution is 0.141. The van der Waals surface area contributed by atoms with Gasteiger partial charge in [0.2, 0.25) is 0 Å². The lowest BCUT2D eigenvalue weighted by Gasteiger charge is -2.30. The molecule has 0 spiro atoms. The molecule has 1 fully saturated rings. The number of aliphatic hydroxyl groups excluding tert-OH is 1. The molecule has 7 heteroatoms. The third-order valence-corrected chi connectivity index (χ3v) is 4.40. The van der Waals surface area contributed by atoms with Gasteiger partial charge in [-0.3, -0.25) is 14.3 Å². The molecule has 2 atom stereocenters. The highest BCUT2D eigenvalue weighted by Gasteiger charge is 2.24. The molecular formula is C14H24N4O3. The van der Waals surface area contributed by atoms with Crippen LogP contribution in [0.25, 0.3) is 0 Å². The fourth-order valence-corrected chi connectivity index (χ4v) is 3.10. The van der Waals surface area contributed by atoms with Crippen LogP contribution in [0.15, 0.2) is 9.59 Å². The Morgan fingerprint density at radius 2 is 2.00 bits per heavy atom. The Labute approximate surface area is 123 Å². The Bertz CT molecular complexity index is 593. The van der Waals surface area contributed by atoms with Gasteiger partial charge in [0.05, 0.1) is 0 Å². The molecule has 1 saturated carbocycles. The predicted molar refractivity (Wildman–Crippen MR) is 82.4 cm³/mol. The number of hydrogen-bond donors (Lipinski definition) is 4. The van der Waals surface area contributed by atoms with Gasteiger partial charge in [-0.25, -0.2) is 4.79 Å². The Kier molecular flexibility index (Phi) is 5.06. The zero-order valence-electron chi connectivity index (χ0n) is 12.4. The molecule has 1 aromatic rings. The minimum absolute atomic E-state index is 0.169. The molecule has 0 radical (unpaired) electrons. The van der Waals surface area contributed by atoms with Gasteiger partial charge in [0.1, 0.15) is 11.5 Å². The molecule has 5 N–H and O–H groups in total. The van der Waals surface area contributed by atoms with Crippen LogP contribution in [0.3, 0.4) is 0 Å². The SMILES string of the molecule is CCn1c(N)c(NCC2CCCCC2CO)c(=O)[nH]c1=O. The average molecular weight is 296 g/mol. The van der Waals surface area contributed by atoms with Crippen LogP contribution in [-0.2, 0) is 6.54 Å². The van der Waals surface area contributed by atoms with Crippen molar-refractivity contribution >= 4 is 11.5 Å². The molecule has 0 aromatic carbocycles. The zero-order chi connectivity index (χ0) is 15.4. The van der Waals surface area contributed by atoms with Gasteiger partial charge in [-0.1, -0.05) is 12.8 Å². The van der Waals surface area contributed by atoms with E-state index in [-0.39, 0.29) is 24.0 Å². The second-order valence-corrected chi connectivity index (χ2v) is 5.63. The van der Waals surface area contributed by atoms with Crippen LogP contribution >= 0.6 is 0 Å². The van der Waals surface area contributed by atoms with E-state index in [2.05, 4.69) is 10.3 Å². The number of anilines is 2. The molecule has 1 aliphatic rings. The molecule has 2 rings (SSSR count). The van der Waals surface area contributed by atoms with Crippen molar-refractivity contribution in [3.05, 3.63) is 20.8 Å². The number of nitrogens with one attached hydrogen (secondary N) is 2. The van der Waals surface area contributed by atoms with Gasteiger partial charge in [0.15, 0.2) is 0 Å². The highest BCUT2D eigenvalue weighted by Crippen LogP contribution is 2.29.